The van der Waals surface area contributed by atoms with Gasteiger partial charge in [0.2, 0.25) is 0 Å². The lowest BCUT2D eigenvalue weighted by Crippen LogP contribution is -2.18. The maximum atomic E-state index is 6.24. The highest BCUT2D eigenvalue weighted by Crippen LogP contribution is 2.19. The summed E-state index contributed by atoms with van der Waals surface area (Å²) in [5, 5.41) is 0. The smallest absolute Gasteiger partial charge is 0.158 e. The Kier molecular flexibility index (Phi) is 13.4. The van der Waals surface area contributed by atoms with Crippen LogP contribution >= 0.6 is 0 Å². The van der Waals surface area contributed by atoms with Crippen LogP contribution in [0.3, 0.4) is 0 Å². The van der Waals surface area contributed by atoms with Crippen LogP contribution in [-0.2, 0) is 22.7 Å². The van der Waals surface area contributed by atoms with Gasteiger partial charge in [-0.3, -0.25) is 0 Å². The second-order valence-electron chi connectivity index (χ2n) is 8.47. The molecule has 0 aromatic heterocycles. The molecule has 2 aromatic carbocycles. The lowest BCUT2D eigenvalue weighted by molar-refractivity contribution is -0.160. The Hall–Kier alpha value is -2.16. The van der Waals surface area contributed by atoms with Gasteiger partial charge >= 0.3 is 0 Å². The van der Waals surface area contributed by atoms with E-state index in [-0.39, 0.29) is 6.29 Å². The van der Waals surface area contributed by atoms with Gasteiger partial charge < -0.3 is 9.47 Å². The normalized spacial score (nSPS) is 11.1. The van der Waals surface area contributed by atoms with Gasteiger partial charge in [-0.05, 0) is 35.1 Å². The van der Waals surface area contributed by atoms with Crippen LogP contribution in [-0.4, -0.2) is 6.29 Å². The fourth-order valence-electron chi connectivity index (χ4n) is 3.93. The third kappa shape index (κ3) is 9.97. The molecule has 0 heterocycles. The lowest BCUT2D eigenvalue weighted by atomic mass is 10.1. The third-order valence-electron chi connectivity index (χ3n) is 5.94. The van der Waals surface area contributed by atoms with Crippen LogP contribution in [0.5, 0.6) is 0 Å². The maximum Gasteiger partial charge on any atom is 0.158 e. The first-order valence-corrected chi connectivity index (χ1v) is 12.4. The first-order chi connectivity index (χ1) is 15.8. The van der Waals surface area contributed by atoms with Gasteiger partial charge in [-0.15, -0.1) is 0 Å². The summed E-state index contributed by atoms with van der Waals surface area (Å²) >= 11 is 0. The van der Waals surface area contributed by atoms with E-state index in [0.717, 1.165) is 35.1 Å². The Morgan fingerprint density at radius 3 is 1.56 bits per heavy atom. The molecule has 2 rings (SSSR count). The molecule has 174 valence electrons. The van der Waals surface area contributed by atoms with Gasteiger partial charge in [0.15, 0.2) is 6.29 Å². The van der Waals surface area contributed by atoms with Gasteiger partial charge in [0.1, 0.15) is 0 Å². The van der Waals surface area contributed by atoms with Crippen LogP contribution in [0.4, 0.5) is 0 Å². The average molecular weight is 435 g/mol. The molecule has 0 N–H and O–H groups in total. The van der Waals surface area contributed by atoms with E-state index in [1.165, 1.54) is 51.4 Å². The summed E-state index contributed by atoms with van der Waals surface area (Å²) in [5.41, 5.74) is 4.53. The summed E-state index contributed by atoms with van der Waals surface area (Å²) in [4.78, 5) is 0. The molecule has 32 heavy (non-hydrogen) atoms. The minimum Gasteiger partial charge on any atom is -0.348 e. The minimum absolute atomic E-state index is 0.213. The van der Waals surface area contributed by atoms with Crippen molar-refractivity contribution in [2.45, 2.75) is 90.6 Å². The molecule has 0 fully saturated rings. The van der Waals surface area contributed by atoms with E-state index in [4.69, 9.17) is 9.47 Å². The SMILES string of the molecule is C=Cc1ccccc1COC(CCCCCCCCCCC)OCc1ccccc1C=C. The predicted molar refractivity (Wildman–Crippen MR) is 138 cm³/mol. The predicted octanol–water partition coefficient (Wildman–Crippen LogP) is 8.95. The van der Waals surface area contributed by atoms with E-state index in [1.807, 2.05) is 36.4 Å². The second-order valence-corrected chi connectivity index (χ2v) is 8.47. The molecule has 0 amide bonds. The van der Waals surface area contributed by atoms with Gasteiger partial charge in [0, 0.05) is 0 Å². The molecular weight excluding hydrogens is 392 g/mol. The fourth-order valence-corrected chi connectivity index (χ4v) is 3.93. The number of hydrogen-bond donors (Lipinski definition) is 0. The Morgan fingerprint density at radius 1 is 0.656 bits per heavy atom. The lowest BCUT2D eigenvalue weighted by Gasteiger charge is -2.20. The summed E-state index contributed by atoms with van der Waals surface area (Å²) in [6.07, 6.45) is 16.3. The number of hydrogen-bond acceptors (Lipinski definition) is 2. The molecule has 0 saturated carbocycles. The van der Waals surface area contributed by atoms with Crippen LogP contribution in [0, 0.1) is 0 Å². The van der Waals surface area contributed by atoms with Crippen molar-refractivity contribution in [2.24, 2.45) is 0 Å². The summed E-state index contributed by atoms with van der Waals surface area (Å²) in [5.74, 6) is 0. The van der Waals surface area contributed by atoms with E-state index in [0.29, 0.717) is 13.2 Å². The van der Waals surface area contributed by atoms with Crippen LogP contribution in [0.25, 0.3) is 12.2 Å². The quantitative estimate of drug-likeness (QED) is 0.172. The summed E-state index contributed by atoms with van der Waals surface area (Å²) in [6, 6.07) is 16.5. The Labute approximate surface area is 196 Å². The first-order valence-electron chi connectivity index (χ1n) is 12.4. The van der Waals surface area contributed by atoms with Crippen LogP contribution < -0.4 is 0 Å². The van der Waals surface area contributed by atoms with Crippen molar-refractivity contribution in [3.8, 4) is 0 Å². The molecule has 2 aromatic rings. The average Bonchev–Trinajstić information content (AvgIpc) is 2.84. The molecule has 0 aliphatic heterocycles. The van der Waals surface area contributed by atoms with Crippen molar-refractivity contribution < 1.29 is 9.47 Å². The zero-order chi connectivity index (χ0) is 22.9. The molecule has 0 atom stereocenters. The molecule has 2 nitrogen and oxygen atoms in total. The highest BCUT2D eigenvalue weighted by atomic mass is 16.7. The summed E-state index contributed by atoms with van der Waals surface area (Å²) < 4.78 is 12.5. The van der Waals surface area contributed by atoms with E-state index < -0.39 is 0 Å². The van der Waals surface area contributed by atoms with Gasteiger partial charge in [0.05, 0.1) is 13.2 Å². The van der Waals surface area contributed by atoms with Crippen molar-refractivity contribution >= 4 is 12.2 Å². The summed E-state index contributed by atoms with van der Waals surface area (Å²) in [6.45, 7) is 11.2. The highest BCUT2D eigenvalue weighted by Gasteiger charge is 2.12. The number of ether oxygens (including phenoxy) is 2. The Balaban J connectivity index is 1.83. The molecule has 2 heteroatoms. The molecule has 0 unspecified atom stereocenters. The van der Waals surface area contributed by atoms with Crippen molar-refractivity contribution in [3.63, 3.8) is 0 Å². The molecule has 0 radical (unpaired) electrons. The van der Waals surface area contributed by atoms with Crippen LogP contribution in [0.1, 0.15) is 93.4 Å². The largest absolute Gasteiger partial charge is 0.348 e. The van der Waals surface area contributed by atoms with Gasteiger partial charge in [-0.2, -0.15) is 0 Å². The van der Waals surface area contributed by atoms with Crippen molar-refractivity contribution in [3.05, 3.63) is 83.9 Å². The molecule has 0 bridgehead atoms. The van der Waals surface area contributed by atoms with Gasteiger partial charge in [-0.25, -0.2) is 0 Å². The highest BCUT2D eigenvalue weighted by molar-refractivity contribution is 5.52. The molecular formula is C30H42O2. The number of unbranched alkanes of at least 4 members (excludes halogenated alkanes) is 8. The monoisotopic (exact) mass is 434 g/mol. The van der Waals surface area contributed by atoms with Crippen LogP contribution in [0.2, 0.25) is 0 Å². The molecule has 0 aliphatic carbocycles. The molecule has 0 saturated heterocycles. The van der Waals surface area contributed by atoms with Crippen LogP contribution in [0.15, 0.2) is 61.7 Å². The third-order valence-corrected chi connectivity index (χ3v) is 5.94. The maximum absolute atomic E-state index is 6.24. The molecule has 0 aliphatic rings. The Bertz CT molecular complexity index is 724. The zero-order valence-corrected chi connectivity index (χ0v) is 20.1. The van der Waals surface area contributed by atoms with Crippen molar-refractivity contribution in [2.75, 3.05) is 0 Å². The van der Waals surface area contributed by atoms with E-state index in [9.17, 15) is 0 Å². The fraction of sp³-hybridized carbons (Fsp3) is 0.467. The van der Waals surface area contributed by atoms with E-state index >= 15 is 0 Å². The van der Waals surface area contributed by atoms with Gasteiger partial charge in [-0.1, -0.05) is 132 Å². The number of rotatable bonds is 18. The van der Waals surface area contributed by atoms with E-state index in [1.54, 1.807) is 0 Å². The van der Waals surface area contributed by atoms with Crippen molar-refractivity contribution in [1.29, 1.82) is 0 Å². The second kappa shape index (κ2) is 16.5. The minimum atomic E-state index is -0.213. The first kappa shape index (κ1) is 26.1. The molecule has 0 spiro atoms. The van der Waals surface area contributed by atoms with E-state index in [2.05, 4.69) is 44.3 Å². The Morgan fingerprint density at radius 2 is 1.09 bits per heavy atom. The summed E-state index contributed by atoms with van der Waals surface area (Å²) in [7, 11) is 0. The topological polar surface area (TPSA) is 18.5 Å². The standard InChI is InChI=1S/C30H42O2/c1-4-7-8-9-10-11-12-13-14-23-30(31-24-28-21-17-15-19-26(28)5-2)32-25-29-22-18-16-20-27(29)6-3/h5-6,15-22,30H,2-4,7-14,23-25H2,1H3. The zero-order valence-electron chi connectivity index (χ0n) is 20.1. The van der Waals surface area contributed by atoms with Gasteiger partial charge in [0.25, 0.3) is 0 Å². The van der Waals surface area contributed by atoms with Crippen molar-refractivity contribution in [1.82, 2.24) is 0 Å². The number of benzene rings is 2.